The number of carbonyl (C=O) groups is 1. The summed E-state index contributed by atoms with van der Waals surface area (Å²) in [5, 5.41) is 3.00. The van der Waals surface area contributed by atoms with E-state index in [1.54, 1.807) is 0 Å². The molecule has 1 saturated heterocycles. The Kier molecular flexibility index (Phi) is 5.69. The molecule has 29 heavy (non-hydrogen) atoms. The van der Waals surface area contributed by atoms with Crippen LogP contribution in [0.2, 0.25) is 0 Å². The summed E-state index contributed by atoms with van der Waals surface area (Å²) in [6, 6.07) is 11.5. The van der Waals surface area contributed by atoms with E-state index in [2.05, 4.69) is 11.4 Å². The Labute approximate surface area is 171 Å². The van der Waals surface area contributed by atoms with E-state index in [-0.39, 0.29) is 17.5 Å². The van der Waals surface area contributed by atoms with Crippen LogP contribution in [0, 0.1) is 5.82 Å². The zero-order valence-corrected chi connectivity index (χ0v) is 17.1. The van der Waals surface area contributed by atoms with Crippen molar-refractivity contribution in [2.24, 2.45) is 0 Å². The lowest BCUT2D eigenvalue weighted by Gasteiger charge is -2.27. The molecule has 4 rings (SSSR count). The third-order valence-electron chi connectivity index (χ3n) is 5.80. The molecule has 0 saturated carbocycles. The van der Waals surface area contributed by atoms with Crippen LogP contribution in [0.3, 0.4) is 0 Å². The van der Waals surface area contributed by atoms with Crippen molar-refractivity contribution in [2.45, 2.75) is 49.5 Å². The van der Waals surface area contributed by atoms with Gasteiger partial charge in [-0.2, -0.15) is 4.31 Å². The number of fused-ring (bicyclic) bond motifs is 1. The number of piperidine rings is 1. The maximum Gasteiger partial charge on any atom is 0.251 e. The van der Waals surface area contributed by atoms with Crippen molar-refractivity contribution < 1.29 is 17.6 Å². The highest BCUT2D eigenvalue weighted by Crippen LogP contribution is 2.30. The van der Waals surface area contributed by atoms with Gasteiger partial charge >= 0.3 is 0 Å². The van der Waals surface area contributed by atoms with Gasteiger partial charge in [0.2, 0.25) is 10.0 Å². The second-order valence-corrected chi connectivity index (χ2v) is 9.63. The van der Waals surface area contributed by atoms with Crippen molar-refractivity contribution in [1.82, 2.24) is 9.62 Å². The largest absolute Gasteiger partial charge is 0.345 e. The minimum Gasteiger partial charge on any atom is -0.345 e. The number of halogens is 1. The van der Waals surface area contributed by atoms with E-state index in [1.807, 2.05) is 18.2 Å². The summed E-state index contributed by atoms with van der Waals surface area (Å²) < 4.78 is 41.5. The van der Waals surface area contributed by atoms with E-state index in [1.165, 1.54) is 22.0 Å². The fourth-order valence-corrected chi connectivity index (χ4v) is 5.84. The Hall–Kier alpha value is -2.25. The van der Waals surface area contributed by atoms with Crippen LogP contribution in [0.15, 0.2) is 47.4 Å². The number of sulfonamides is 1. The van der Waals surface area contributed by atoms with Crippen LogP contribution in [0.1, 0.15) is 59.6 Å². The average molecular weight is 417 g/mol. The fraction of sp³-hybridized carbons (Fsp3) is 0.409. The first kappa shape index (κ1) is 20.0. The molecular weight excluding hydrogens is 391 g/mol. The van der Waals surface area contributed by atoms with E-state index >= 15 is 0 Å². The normalized spacial score (nSPS) is 20.1. The van der Waals surface area contributed by atoms with Crippen molar-refractivity contribution in [3.05, 3.63) is 65.0 Å². The highest BCUT2D eigenvalue weighted by atomic mass is 32.2. The number of nitrogens with zero attached hydrogens (tertiary/aromatic N) is 1. The molecule has 154 valence electrons. The van der Waals surface area contributed by atoms with Crippen molar-refractivity contribution in [3.63, 3.8) is 0 Å². The molecule has 1 atom stereocenters. The van der Waals surface area contributed by atoms with Gasteiger partial charge in [-0.3, -0.25) is 4.79 Å². The Morgan fingerprint density at radius 3 is 2.59 bits per heavy atom. The molecule has 1 fully saturated rings. The second kappa shape index (κ2) is 8.24. The van der Waals surface area contributed by atoms with Crippen LogP contribution in [0.4, 0.5) is 4.39 Å². The van der Waals surface area contributed by atoms with E-state index < -0.39 is 20.7 Å². The summed E-state index contributed by atoms with van der Waals surface area (Å²) in [4.78, 5) is 12.4. The van der Waals surface area contributed by atoms with Gasteiger partial charge in [-0.1, -0.05) is 30.7 Å². The molecule has 7 heteroatoms. The summed E-state index contributed by atoms with van der Waals surface area (Å²) >= 11 is 0. The van der Waals surface area contributed by atoms with Gasteiger partial charge < -0.3 is 5.32 Å². The zero-order chi connectivity index (χ0) is 20.4. The summed E-state index contributed by atoms with van der Waals surface area (Å²) in [6.07, 6.45) is 5.28. The molecule has 2 aliphatic rings. The van der Waals surface area contributed by atoms with Crippen LogP contribution >= 0.6 is 0 Å². The first-order valence-corrected chi connectivity index (χ1v) is 11.6. The van der Waals surface area contributed by atoms with Gasteiger partial charge in [0.1, 0.15) is 10.7 Å². The van der Waals surface area contributed by atoms with Crippen LogP contribution < -0.4 is 5.32 Å². The van der Waals surface area contributed by atoms with Gasteiger partial charge in [-0.25, -0.2) is 12.8 Å². The SMILES string of the molecule is O=C(NC1CCCc2ccccc21)c1ccc(F)c(S(=O)(=O)N2CCCCC2)c1. The van der Waals surface area contributed by atoms with Crippen LogP contribution in [0.5, 0.6) is 0 Å². The third-order valence-corrected chi connectivity index (χ3v) is 7.71. The molecule has 5 nitrogen and oxygen atoms in total. The average Bonchev–Trinajstić information content (AvgIpc) is 2.75. The molecule has 2 aromatic rings. The van der Waals surface area contributed by atoms with Gasteiger partial charge in [0, 0.05) is 18.7 Å². The maximum atomic E-state index is 14.4. The van der Waals surface area contributed by atoms with Crippen molar-refractivity contribution >= 4 is 15.9 Å². The van der Waals surface area contributed by atoms with Gasteiger partial charge in [0.25, 0.3) is 5.91 Å². The third kappa shape index (κ3) is 4.07. The number of hydrogen-bond acceptors (Lipinski definition) is 3. The molecule has 0 spiro atoms. The quantitative estimate of drug-likeness (QED) is 0.824. The van der Waals surface area contributed by atoms with Crippen LogP contribution in [-0.4, -0.2) is 31.7 Å². The summed E-state index contributed by atoms with van der Waals surface area (Å²) in [6.45, 7) is 0.772. The molecule has 1 heterocycles. The first-order valence-electron chi connectivity index (χ1n) is 10.2. The molecule has 1 amide bonds. The Balaban J connectivity index is 1.58. The number of carbonyl (C=O) groups excluding carboxylic acids is 1. The minimum atomic E-state index is -3.95. The number of benzene rings is 2. The number of amides is 1. The highest BCUT2D eigenvalue weighted by molar-refractivity contribution is 7.89. The summed E-state index contributed by atoms with van der Waals surface area (Å²) in [5.41, 5.74) is 2.47. The Bertz CT molecular complexity index is 1020. The van der Waals surface area contributed by atoms with Gasteiger partial charge in [0.05, 0.1) is 6.04 Å². The second-order valence-electron chi connectivity index (χ2n) is 7.73. The van der Waals surface area contributed by atoms with Gasteiger partial charge in [-0.15, -0.1) is 0 Å². The molecule has 0 bridgehead atoms. The smallest absolute Gasteiger partial charge is 0.251 e. The van der Waals surface area contributed by atoms with E-state index in [0.717, 1.165) is 50.2 Å². The molecule has 0 aromatic heterocycles. The molecule has 1 N–H and O–H groups in total. The maximum absolute atomic E-state index is 14.4. The van der Waals surface area contributed by atoms with Crippen LogP contribution in [-0.2, 0) is 16.4 Å². The Morgan fingerprint density at radius 2 is 1.79 bits per heavy atom. The van der Waals surface area contributed by atoms with Crippen LogP contribution in [0.25, 0.3) is 0 Å². The minimum absolute atomic E-state index is 0.125. The topological polar surface area (TPSA) is 66.5 Å². The molecule has 2 aromatic carbocycles. The van der Waals surface area contributed by atoms with Gasteiger partial charge in [0.15, 0.2) is 0 Å². The number of rotatable bonds is 4. The van der Waals surface area contributed by atoms with E-state index in [0.29, 0.717) is 13.1 Å². The number of aryl methyl sites for hydroxylation is 1. The van der Waals surface area contributed by atoms with Gasteiger partial charge in [-0.05, 0) is 61.4 Å². The van der Waals surface area contributed by atoms with E-state index in [9.17, 15) is 17.6 Å². The number of nitrogens with one attached hydrogen (secondary N) is 1. The zero-order valence-electron chi connectivity index (χ0n) is 16.2. The summed E-state index contributed by atoms with van der Waals surface area (Å²) in [5.74, 6) is -1.21. The molecule has 1 aliphatic heterocycles. The Morgan fingerprint density at radius 1 is 1.03 bits per heavy atom. The predicted octanol–water partition coefficient (Wildman–Crippen LogP) is 3.81. The lowest BCUT2D eigenvalue weighted by molar-refractivity contribution is 0.0932. The van der Waals surface area contributed by atoms with Crippen molar-refractivity contribution in [3.8, 4) is 0 Å². The standard InChI is InChI=1S/C22H25FN2O3S/c23-19-12-11-17(15-21(19)29(27,28)25-13-4-1-5-14-25)22(26)24-20-10-6-8-16-7-2-3-9-18(16)20/h2-3,7,9,11-12,15,20H,1,4-6,8,10,13-14H2,(H,24,26). The molecular formula is C22H25FN2O3S. The monoisotopic (exact) mass is 416 g/mol. The summed E-state index contributed by atoms with van der Waals surface area (Å²) in [7, 11) is -3.95. The van der Waals surface area contributed by atoms with E-state index in [4.69, 9.17) is 0 Å². The lowest BCUT2D eigenvalue weighted by Crippen LogP contribution is -2.36. The fourth-order valence-electron chi connectivity index (χ4n) is 4.23. The lowest BCUT2D eigenvalue weighted by atomic mass is 9.87. The predicted molar refractivity (Wildman–Crippen MR) is 109 cm³/mol. The first-order chi connectivity index (χ1) is 14.0. The van der Waals surface area contributed by atoms with Crippen molar-refractivity contribution in [1.29, 1.82) is 0 Å². The molecule has 0 radical (unpaired) electrons. The molecule has 1 aliphatic carbocycles. The highest BCUT2D eigenvalue weighted by Gasteiger charge is 2.30. The molecule has 1 unspecified atom stereocenters. The van der Waals surface area contributed by atoms with Crippen molar-refractivity contribution in [2.75, 3.05) is 13.1 Å². The number of hydrogen-bond donors (Lipinski definition) is 1.